The number of hydrogen-bond donors (Lipinski definition) is 2. The standard InChI is InChI=1S/C15H19ClN2O2/c1-2-20-10-12(19)9-17-8-11-5-6-14(16)13-4-3-7-18-15(11)13/h3-7,12,17,19H,2,8-10H2,1H3/t12-/m1/s1. The van der Waals surface area contributed by atoms with Gasteiger partial charge in [0.2, 0.25) is 0 Å². The number of hydrogen-bond acceptors (Lipinski definition) is 4. The highest BCUT2D eigenvalue weighted by atomic mass is 35.5. The van der Waals surface area contributed by atoms with Crippen LogP contribution in [0.2, 0.25) is 5.02 Å². The number of nitrogens with one attached hydrogen (secondary N) is 1. The van der Waals surface area contributed by atoms with Gasteiger partial charge in [-0.05, 0) is 30.7 Å². The molecule has 0 aliphatic heterocycles. The lowest BCUT2D eigenvalue weighted by Gasteiger charge is -2.12. The summed E-state index contributed by atoms with van der Waals surface area (Å²) in [7, 11) is 0. The van der Waals surface area contributed by atoms with Gasteiger partial charge in [0, 0.05) is 36.3 Å². The van der Waals surface area contributed by atoms with Gasteiger partial charge in [0.15, 0.2) is 0 Å². The van der Waals surface area contributed by atoms with Gasteiger partial charge in [0.25, 0.3) is 0 Å². The largest absolute Gasteiger partial charge is 0.389 e. The molecular formula is C15H19ClN2O2. The molecule has 0 bridgehead atoms. The Hall–Kier alpha value is -1.20. The number of benzene rings is 1. The predicted octanol–water partition coefficient (Wildman–Crippen LogP) is 2.38. The first-order valence-electron chi connectivity index (χ1n) is 6.71. The number of pyridine rings is 1. The third kappa shape index (κ3) is 3.90. The highest BCUT2D eigenvalue weighted by Gasteiger charge is 2.07. The molecule has 5 heteroatoms. The van der Waals surface area contributed by atoms with Crippen LogP contribution in [0.4, 0.5) is 0 Å². The van der Waals surface area contributed by atoms with Crippen molar-refractivity contribution in [3.05, 3.63) is 41.0 Å². The monoisotopic (exact) mass is 294 g/mol. The van der Waals surface area contributed by atoms with Crippen LogP contribution in [0.25, 0.3) is 10.9 Å². The molecule has 20 heavy (non-hydrogen) atoms. The molecular weight excluding hydrogens is 276 g/mol. The first-order chi connectivity index (χ1) is 9.72. The summed E-state index contributed by atoms with van der Waals surface area (Å²) in [4.78, 5) is 4.38. The van der Waals surface area contributed by atoms with Gasteiger partial charge < -0.3 is 15.2 Å². The lowest BCUT2D eigenvalue weighted by molar-refractivity contribution is 0.0427. The first kappa shape index (κ1) is 15.2. The maximum atomic E-state index is 9.69. The molecule has 0 aliphatic rings. The summed E-state index contributed by atoms with van der Waals surface area (Å²) in [5.41, 5.74) is 1.96. The summed E-state index contributed by atoms with van der Waals surface area (Å²) in [6.07, 6.45) is 1.26. The maximum Gasteiger partial charge on any atom is 0.0897 e. The minimum Gasteiger partial charge on any atom is -0.389 e. The molecule has 1 aromatic heterocycles. The van der Waals surface area contributed by atoms with Crippen molar-refractivity contribution < 1.29 is 9.84 Å². The van der Waals surface area contributed by atoms with Gasteiger partial charge in [-0.25, -0.2) is 0 Å². The van der Waals surface area contributed by atoms with Gasteiger partial charge in [-0.15, -0.1) is 0 Å². The van der Waals surface area contributed by atoms with Gasteiger partial charge in [-0.2, -0.15) is 0 Å². The minimum atomic E-state index is -0.499. The second-order valence-electron chi connectivity index (χ2n) is 4.55. The van der Waals surface area contributed by atoms with Crippen LogP contribution in [0.3, 0.4) is 0 Å². The number of halogens is 1. The van der Waals surface area contributed by atoms with Crippen molar-refractivity contribution in [1.82, 2.24) is 10.3 Å². The van der Waals surface area contributed by atoms with E-state index < -0.39 is 6.10 Å². The predicted molar refractivity (Wildman–Crippen MR) is 81.0 cm³/mol. The quantitative estimate of drug-likeness (QED) is 0.823. The van der Waals surface area contributed by atoms with E-state index in [-0.39, 0.29) is 0 Å². The molecule has 0 spiro atoms. The second kappa shape index (κ2) is 7.55. The number of nitrogens with zero attached hydrogens (tertiary/aromatic N) is 1. The van der Waals surface area contributed by atoms with Crippen molar-refractivity contribution >= 4 is 22.5 Å². The van der Waals surface area contributed by atoms with E-state index in [0.29, 0.717) is 31.3 Å². The number of ether oxygens (including phenoxy) is 1. The lowest BCUT2D eigenvalue weighted by Crippen LogP contribution is -2.30. The van der Waals surface area contributed by atoms with Crippen LogP contribution < -0.4 is 5.32 Å². The summed E-state index contributed by atoms with van der Waals surface area (Å²) in [5, 5.41) is 14.5. The van der Waals surface area contributed by atoms with Crippen LogP contribution in [0.1, 0.15) is 12.5 Å². The van der Waals surface area contributed by atoms with E-state index >= 15 is 0 Å². The zero-order valence-corrected chi connectivity index (χ0v) is 12.2. The Morgan fingerprint density at radius 3 is 3.05 bits per heavy atom. The van der Waals surface area contributed by atoms with Gasteiger partial charge in [0.05, 0.1) is 18.2 Å². The third-order valence-corrected chi connectivity index (χ3v) is 3.34. The molecule has 1 aromatic carbocycles. The third-order valence-electron chi connectivity index (χ3n) is 3.01. The number of aromatic nitrogens is 1. The van der Waals surface area contributed by atoms with Crippen molar-refractivity contribution in [1.29, 1.82) is 0 Å². The van der Waals surface area contributed by atoms with Crippen LogP contribution in [0.15, 0.2) is 30.5 Å². The molecule has 2 N–H and O–H groups in total. The van der Waals surface area contributed by atoms with Gasteiger partial charge in [-0.3, -0.25) is 4.98 Å². The van der Waals surface area contributed by atoms with Gasteiger partial charge in [-0.1, -0.05) is 17.7 Å². The Morgan fingerprint density at radius 2 is 2.25 bits per heavy atom. The molecule has 2 aromatic rings. The smallest absolute Gasteiger partial charge is 0.0897 e. The van der Waals surface area contributed by atoms with E-state index in [1.165, 1.54) is 0 Å². The molecule has 2 rings (SSSR count). The van der Waals surface area contributed by atoms with E-state index in [4.69, 9.17) is 16.3 Å². The molecule has 4 nitrogen and oxygen atoms in total. The van der Waals surface area contributed by atoms with Crippen molar-refractivity contribution in [2.45, 2.75) is 19.6 Å². The number of rotatable bonds is 7. The SMILES string of the molecule is CCOC[C@H](O)CNCc1ccc(Cl)c2cccnc12. The summed E-state index contributed by atoms with van der Waals surface area (Å²) in [5.74, 6) is 0. The molecule has 0 aliphatic carbocycles. The average molecular weight is 295 g/mol. The normalized spacial score (nSPS) is 12.8. The summed E-state index contributed by atoms with van der Waals surface area (Å²) in [6, 6.07) is 7.66. The Labute approximate surface area is 123 Å². The molecule has 1 heterocycles. The van der Waals surface area contributed by atoms with Crippen molar-refractivity contribution in [3.8, 4) is 0 Å². The van der Waals surface area contributed by atoms with E-state index in [2.05, 4.69) is 10.3 Å². The average Bonchev–Trinajstić information content (AvgIpc) is 2.48. The fourth-order valence-corrected chi connectivity index (χ4v) is 2.24. The Bertz CT molecular complexity index is 563. The van der Waals surface area contributed by atoms with E-state index in [1.807, 2.05) is 31.2 Å². The first-order valence-corrected chi connectivity index (χ1v) is 7.08. The molecule has 1 atom stereocenters. The Morgan fingerprint density at radius 1 is 1.40 bits per heavy atom. The molecule has 0 saturated carbocycles. The molecule has 0 unspecified atom stereocenters. The summed E-state index contributed by atoms with van der Waals surface area (Å²) < 4.78 is 5.16. The molecule has 0 fully saturated rings. The maximum absolute atomic E-state index is 9.69. The number of aliphatic hydroxyl groups excluding tert-OH is 1. The highest BCUT2D eigenvalue weighted by Crippen LogP contribution is 2.24. The fraction of sp³-hybridized carbons (Fsp3) is 0.400. The lowest BCUT2D eigenvalue weighted by atomic mass is 10.1. The summed E-state index contributed by atoms with van der Waals surface area (Å²) >= 11 is 6.15. The van der Waals surface area contributed by atoms with Gasteiger partial charge >= 0.3 is 0 Å². The molecule has 0 radical (unpaired) electrons. The van der Waals surface area contributed by atoms with Crippen LogP contribution in [0.5, 0.6) is 0 Å². The zero-order valence-electron chi connectivity index (χ0n) is 11.5. The summed E-state index contributed by atoms with van der Waals surface area (Å²) in [6.45, 7) is 3.99. The number of aliphatic hydroxyl groups is 1. The van der Waals surface area contributed by atoms with E-state index in [9.17, 15) is 5.11 Å². The highest BCUT2D eigenvalue weighted by molar-refractivity contribution is 6.35. The van der Waals surface area contributed by atoms with Crippen molar-refractivity contribution in [2.75, 3.05) is 19.8 Å². The van der Waals surface area contributed by atoms with Gasteiger partial charge in [0.1, 0.15) is 0 Å². The fourth-order valence-electron chi connectivity index (χ4n) is 2.03. The van der Waals surface area contributed by atoms with Crippen LogP contribution in [-0.4, -0.2) is 36.0 Å². The van der Waals surface area contributed by atoms with Crippen LogP contribution in [0, 0.1) is 0 Å². The van der Waals surface area contributed by atoms with E-state index in [1.54, 1.807) is 6.20 Å². The van der Waals surface area contributed by atoms with Crippen LogP contribution in [-0.2, 0) is 11.3 Å². The Kier molecular flexibility index (Phi) is 5.73. The van der Waals surface area contributed by atoms with E-state index in [0.717, 1.165) is 16.5 Å². The topological polar surface area (TPSA) is 54.4 Å². The molecule has 0 saturated heterocycles. The molecule has 0 amide bonds. The number of fused-ring (bicyclic) bond motifs is 1. The van der Waals surface area contributed by atoms with Crippen LogP contribution >= 0.6 is 11.6 Å². The van der Waals surface area contributed by atoms with Crippen molar-refractivity contribution in [3.63, 3.8) is 0 Å². The second-order valence-corrected chi connectivity index (χ2v) is 4.96. The minimum absolute atomic E-state index is 0.350. The zero-order chi connectivity index (χ0) is 14.4. The Balaban J connectivity index is 1.98. The molecule has 108 valence electrons. The van der Waals surface area contributed by atoms with Crippen molar-refractivity contribution in [2.24, 2.45) is 0 Å².